The average molecular weight is 492 g/mol. The zero-order valence-electron chi connectivity index (χ0n) is 20.4. The summed E-state index contributed by atoms with van der Waals surface area (Å²) >= 11 is 0. The standard InChI is InChI=1S/C26H30FN7O2/c1-3-33(4-2)14-6-16-34-15-5-7-20(34)18-30-32-26(35)31-19-8-9-24(22(27)17-19)36-23-11-13-29-25-21(23)10-12-28-25/h5,7-13,15,17-18H,3-4,6,14,16H2,1-2H3,(H,28,29)(H2,31,32,35)/b30-18+. The van der Waals surface area contributed by atoms with E-state index in [0.29, 0.717) is 11.4 Å². The van der Waals surface area contributed by atoms with Crippen LogP contribution in [0.4, 0.5) is 14.9 Å². The predicted molar refractivity (Wildman–Crippen MR) is 139 cm³/mol. The van der Waals surface area contributed by atoms with E-state index in [0.717, 1.165) is 43.7 Å². The number of hydrazone groups is 1. The van der Waals surface area contributed by atoms with Gasteiger partial charge in [0.25, 0.3) is 0 Å². The summed E-state index contributed by atoms with van der Waals surface area (Å²) < 4.78 is 22.4. The lowest BCUT2D eigenvalue weighted by Crippen LogP contribution is -2.25. The third-order valence-electron chi connectivity index (χ3n) is 5.83. The summed E-state index contributed by atoms with van der Waals surface area (Å²) in [5, 5.41) is 7.33. The number of nitrogens with one attached hydrogen (secondary N) is 3. The van der Waals surface area contributed by atoms with Crippen LogP contribution in [0.3, 0.4) is 0 Å². The van der Waals surface area contributed by atoms with Gasteiger partial charge in [0.2, 0.25) is 0 Å². The van der Waals surface area contributed by atoms with Crippen molar-refractivity contribution in [3.05, 3.63) is 72.6 Å². The van der Waals surface area contributed by atoms with Crippen molar-refractivity contribution in [2.24, 2.45) is 5.10 Å². The number of carbonyl (C=O) groups excluding carboxylic acids is 1. The second-order valence-corrected chi connectivity index (χ2v) is 8.13. The quantitative estimate of drug-likeness (QED) is 0.199. The summed E-state index contributed by atoms with van der Waals surface area (Å²) in [5.41, 5.74) is 4.22. The van der Waals surface area contributed by atoms with Crippen LogP contribution >= 0.6 is 0 Å². The van der Waals surface area contributed by atoms with Gasteiger partial charge >= 0.3 is 6.03 Å². The summed E-state index contributed by atoms with van der Waals surface area (Å²) in [7, 11) is 0. The Bertz CT molecular complexity index is 1330. The van der Waals surface area contributed by atoms with Crippen molar-refractivity contribution in [2.75, 3.05) is 25.0 Å². The van der Waals surface area contributed by atoms with E-state index in [4.69, 9.17) is 4.74 Å². The van der Waals surface area contributed by atoms with E-state index >= 15 is 0 Å². The third-order valence-corrected chi connectivity index (χ3v) is 5.83. The van der Waals surface area contributed by atoms with Gasteiger partial charge in [0.15, 0.2) is 11.6 Å². The second-order valence-electron chi connectivity index (χ2n) is 8.13. The predicted octanol–water partition coefficient (Wildman–Crippen LogP) is 5.18. The number of benzene rings is 1. The Hall–Kier alpha value is -4.18. The highest BCUT2D eigenvalue weighted by molar-refractivity contribution is 5.90. The molecule has 2 amide bonds. The van der Waals surface area contributed by atoms with Gasteiger partial charge in [-0.25, -0.2) is 19.6 Å². The van der Waals surface area contributed by atoms with Crippen LogP contribution in [-0.2, 0) is 6.54 Å². The molecule has 36 heavy (non-hydrogen) atoms. The molecule has 0 saturated carbocycles. The normalized spacial score (nSPS) is 11.4. The third kappa shape index (κ3) is 6.28. The summed E-state index contributed by atoms with van der Waals surface area (Å²) in [4.78, 5) is 21.8. The molecule has 0 fully saturated rings. The number of urea groups is 1. The number of ether oxygens (including phenoxy) is 1. The number of H-pyrrole nitrogens is 1. The number of aryl methyl sites for hydroxylation is 1. The van der Waals surface area contributed by atoms with E-state index in [-0.39, 0.29) is 11.4 Å². The highest BCUT2D eigenvalue weighted by Crippen LogP contribution is 2.31. The van der Waals surface area contributed by atoms with E-state index in [1.165, 1.54) is 12.1 Å². The number of halogens is 1. The van der Waals surface area contributed by atoms with E-state index in [2.05, 4.69) is 49.1 Å². The van der Waals surface area contributed by atoms with E-state index in [1.54, 1.807) is 36.8 Å². The number of aromatic amines is 1. The molecule has 0 spiro atoms. The second kappa shape index (κ2) is 12.0. The highest BCUT2D eigenvalue weighted by Gasteiger charge is 2.11. The van der Waals surface area contributed by atoms with E-state index in [9.17, 15) is 9.18 Å². The molecule has 0 bridgehead atoms. The number of nitrogens with zero attached hydrogens (tertiary/aromatic N) is 4. The zero-order valence-corrected chi connectivity index (χ0v) is 20.4. The number of amides is 2. The number of hydrogen-bond acceptors (Lipinski definition) is 5. The minimum Gasteiger partial charge on any atom is -0.453 e. The Morgan fingerprint density at radius 2 is 2.08 bits per heavy atom. The van der Waals surface area contributed by atoms with Crippen LogP contribution in [0.25, 0.3) is 11.0 Å². The topological polar surface area (TPSA) is 99.6 Å². The van der Waals surface area contributed by atoms with Gasteiger partial charge in [-0.3, -0.25) is 0 Å². The average Bonchev–Trinajstić information content (AvgIpc) is 3.53. The number of hydrogen-bond donors (Lipinski definition) is 3. The molecule has 9 nitrogen and oxygen atoms in total. The van der Waals surface area contributed by atoms with E-state index < -0.39 is 11.8 Å². The molecule has 0 atom stereocenters. The lowest BCUT2D eigenvalue weighted by Gasteiger charge is -2.18. The van der Waals surface area contributed by atoms with E-state index in [1.807, 2.05) is 18.3 Å². The molecule has 0 aliphatic carbocycles. The highest BCUT2D eigenvalue weighted by atomic mass is 19.1. The first-order valence-corrected chi connectivity index (χ1v) is 11.9. The molecule has 4 rings (SSSR count). The number of pyridine rings is 1. The number of anilines is 1. The Morgan fingerprint density at radius 1 is 1.22 bits per heavy atom. The van der Waals surface area contributed by atoms with Gasteiger partial charge in [0.05, 0.1) is 17.3 Å². The molecule has 4 aromatic rings. The molecular formula is C26H30FN7O2. The molecular weight excluding hydrogens is 461 g/mol. The monoisotopic (exact) mass is 491 g/mol. The van der Waals surface area contributed by atoms with Crippen LogP contribution in [0.5, 0.6) is 11.5 Å². The van der Waals surface area contributed by atoms with Crippen molar-refractivity contribution in [1.29, 1.82) is 0 Å². The molecule has 0 saturated heterocycles. The summed E-state index contributed by atoms with van der Waals surface area (Å²) in [6.45, 7) is 8.29. The maximum absolute atomic E-state index is 14.6. The lowest BCUT2D eigenvalue weighted by atomic mass is 10.2. The molecule has 10 heteroatoms. The number of aromatic nitrogens is 3. The van der Waals surface area contributed by atoms with Crippen molar-refractivity contribution in [3.63, 3.8) is 0 Å². The van der Waals surface area contributed by atoms with Crippen LogP contribution in [-0.4, -0.2) is 51.3 Å². The van der Waals surface area contributed by atoms with Gasteiger partial charge < -0.3 is 24.5 Å². The van der Waals surface area contributed by atoms with Crippen molar-refractivity contribution in [1.82, 2.24) is 24.9 Å². The van der Waals surface area contributed by atoms with Crippen LogP contribution in [0.1, 0.15) is 26.0 Å². The Morgan fingerprint density at radius 3 is 2.89 bits per heavy atom. The minimum atomic E-state index is -0.612. The lowest BCUT2D eigenvalue weighted by molar-refractivity contribution is 0.252. The van der Waals surface area contributed by atoms with Gasteiger partial charge in [-0.05, 0) is 62.5 Å². The largest absolute Gasteiger partial charge is 0.453 e. The fourth-order valence-electron chi connectivity index (χ4n) is 3.87. The van der Waals surface area contributed by atoms with Gasteiger partial charge in [0.1, 0.15) is 11.4 Å². The molecule has 3 aromatic heterocycles. The smallest absolute Gasteiger partial charge is 0.339 e. The zero-order chi connectivity index (χ0) is 25.3. The van der Waals surface area contributed by atoms with Crippen molar-refractivity contribution < 1.29 is 13.9 Å². The first kappa shape index (κ1) is 24.9. The maximum Gasteiger partial charge on any atom is 0.339 e. The van der Waals surface area contributed by atoms with Crippen LogP contribution in [0.15, 0.2) is 66.2 Å². The molecule has 1 aromatic carbocycles. The minimum absolute atomic E-state index is 0.0365. The fourth-order valence-corrected chi connectivity index (χ4v) is 3.87. The van der Waals surface area contributed by atoms with Crippen LogP contribution in [0, 0.1) is 5.82 Å². The fraction of sp³-hybridized carbons (Fsp3) is 0.269. The van der Waals surface area contributed by atoms with Gasteiger partial charge in [-0.1, -0.05) is 13.8 Å². The molecule has 3 N–H and O–H groups in total. The first-order chi connectivity index (χ1) is 17.6. The summed E-state index contributed by atoms with van der Waals surface area (Å²) in [6.07, 6.45) is 7.91. The van der Waals surface area contributed by atoms with Gasteiger partial charge in [-0.2, -0.15) is 5.10 Å². The summed E-state index contributed by atoms with van der Waals surface area (Å²) in [5.74, 6) is -0.0977. The number of rotatable bonds is 11. The van der Waals surface area contributed by atoms with Crippen LogP contribution < -0.4 is 15.5 Å². The van der Waals surface area contributed by atoms with Crippen molar-refractivity contribution in [2.45, 2.75) is 26.8 Å². The first-order valence-electron chi connectivity index (χ1n) is 11.9. The Kier molecular flexibility index (Phi) is 8.30. The molecule has 3 heterocycles. The van der Waals surface area contributed by atoms with Gasteiger partial charge in [-0.15, -0.1) is 0 Å². The SMILES string of the molecule is CCN(CC)CCCn1cccc1/C=N/NC(=O)Nc1ccc(Oc2ccnc3[nH]ccc23)c(F)c1. The summed E-state index contributed by atoms with van der Waals surface area (Å²) in [6, 6.07) is 11.0. The molecule has 0 aliphatic heterocycles. The van der Waals surface area contributed by atoms with Gasteiger partial charge in [0, 0.05) is 36.9 Å². The van der Waals surface area contributed by atoms with Crippen LogP contribution in [0.2, 0.25) is 0 Å². The molecule has 0 radical (unpaired) electrons. The number of carbonyl (C=O) groups is 1. The van der Waals surface area contributed by atoms with Crippen molar-refractivity contribution in [3.8, 4) is 11.5 Å². The molecule has 0 aliphatic rings. The number of fused-ring (bicyclic) bond motifs is 1. The molecule has 188 valence electrons. The molecule has 0 unspecified atom stereocenters. The Balaban J connectivity index is 1.29. The Labute approximate surface area is 209 Å². The van der Waals surface area contributed by atoms with Crippen molar-refractivity contribution >= 4 is 29.0 Å². The maximum atomic E-state index is 14.6.